The van der Waals surface area contributed by atoms with Gasteiger partial charge in [0, 0.05) is 12.1 Å². The smallest absolute Gasteiger partial charge is 0.257 e. The van der Waals surface area contributed by atoms with Crippen molar-refractivity contribution in [2.24, 2.45) is 0 Å². The molecule has 3 aromatic carbocycles. The fourth-order valence-corrected chi connectivity index (χ4v) is 4.17. The standard InChI is InChI=1S/C28H27FN2O4/c1-18(2)20-9-13-23(14-10-20)31-26(32)16-25(28(31)34)30(17-19-7-11-22(29)12-8-19)27(33)21-5-4-6-24(15-21)35-3/h4-15,18,25H,16-17H2,1-3H3. The summed E-state index contributed by atoms with van der Waals surface area (Å²) in [6.07, 6.45) is -0.137. The molecule has 1 unspecified atom stereocenters. The number of rotatable bonds is 7. The third-order valence-electron chi connectivity index (χ3n) is 6.16. The Morgan fingerprint density at radius 1 is 1.06 bits per heavy atom. The minimum Gasteiger partial charge on any atom is -0.497 e. The molecule has 6 nitrogen and oxygen atoms in total. The summed E-state index contributed by atoms with van der Waals surface area (Å²) in [6, 6.07) is 18.6. The lowest BCUT2D eigenvalue weighted by Gasteiger charge is -2.28. The second-order valence-corrected chi connectivity index (χ2v) is 8.83. The van der Waals surface area contributed by atoms with Gasteiger partial charge in [0.25, 0.3) is 11.8 Å². The molecule has 1 aliphatic heterocycles. The van der Waals surface area contributed by atoms with Crippen LogP contribution in [0.4, 0.5) is 10.1 Å². The van der Waals surface area contributed by atoms with E-state index in [1.807, 2.05) is 12.1 Å². The van der Waals surface area contributed by atoms with Crippen LogP contribution in [0.2, 0.25) is 0 Å². The van der Waals surface area contributed by atoms with Gasteiger partial charge in [0.2, 0.25) is 5.91 Å². The van der Waals surface area contributed by atoms with Crippen LogP contribution in [0.25, 0.3) is 0 Å². The lowest BCUT2D eigenvalue weighted by Crippen LogP contribution is -2.45. The lowest BCUT2D eigenvalue weighted by atomic mass is 10.0. The van der Waals surface area contributed by atoms with Crippen molar-refractivity contribution in [3.63, 3.8) is 0 Å². The van der Waals surface area contributed by atoms with Crippen molar-refractivity contribution >= 4 is 23.4 Å². The molecule has 3 amide bonds. The monoisotopic (exact) mass is 474 g/mol. The molecule has 0 radical (unpaired) electrons. The van der Waals surface area contributed by atoms with Crippen molar-refractivity contribution in [3.8, 4) is 5.75 Å². The summed E-state index contributed by atoms with van der Waals surface area (Å²) in [5, 5.41) is 0. The molecule has 1 aliphatic rings. The van der Waals surface area contributed by atoms with E-state index in [1.54, 1.807) is 48.5 Å². The molecular weight excluding hydrogens is 447 g/mol. The van der Waals surface area contributed by atoms with Gasteiger partial charge in [-0.2, -0.15) is 0 Å². The zero-order valence-electron chi connectivity index (χ0n) is 19.9. The van der Waals surface area contributed by atoms with E-state index in [1.165, 1.54) is 24.1 Å². The largest absolute Gasteiger partial charge is 0.497 e. The molecule has 0 bridgehead atoms. The number of amides is 3. The summed E-state index contributed by atoms with van der Waals surface area (Å²) >= 11 is 0. The SMILES string of the molecule is COc1cccc(C(=O)N(Cc2ccc(F)cc2)C2CC(=O)N(c3ccc(C(C)C)cc3)C2=O)c1. The molecule has 1 heterocycles. The molecule has 0 N–H and O–H groups in total. The normalized spacial score (nSPS) is 15.6. The van der Waals surface area contributed by atoms with Crippen LogP contribution in [0.1, 0.15) is 47.7 Å². The third-order valence-corrected chi connectivity index (χ3v) is 6.16. The van der Waals surface area contributed by atoms with Crippen molar-refractivity contribution < 1.29 is 23.5 Å². The van der Waals surface area contributed by atoms with Gasteiger partial charge in [0.1, 0.15) is 17.6 Å². The van der Waals surface area contributed by atoms with Gasteiger partial charge in [-0.25, -0.2) is 9.29 Å². The molecule has 0 aliphatic carbocycles. The third kappa shape index (κ3) is 5.09. The number of hydrogen-bond acceptors (Lipinski definition) is 4. The highest BCUT2D eigenvalue weighted by molar-refractivity contribution is 6.23. The van der Waals surface area contributed by atoms with Crippen LogP contribution in [0.5, 0.6) is 5.75 Å². The first-order chi connectivity index (χ1) is 16.8. The summed E-state index contributed by atoms with van der Waals surface area (Å²) in [5.41, 5.74) is 2.53. The van der Waals surface area contributed by atoms with E-state index >= 15 is 0 Å². The molecule has 1 fully saturated rings. The summed E-state index contributed by atoms with van der Waals surface area (Å²) in [6.45, 7) is 4.17. The van der Waals surface area contributed by atoms with E-state index in [-0.39, 0.29) is 18.9 Å². The number of ether oxygens (including phenoxy) is 1. The van der Waals surface area contributed by atoms with Gasteiger partial charge in [-0.05, 0) is 59.5 Å². The number of hydrogen-bond donors (Lipinski definition) is 0. The van der Waals surface area contributed by atoms with Gasteiger partial charge >= 0.3 is 0 Å². The molecule has 35 heavy (non-hydrogen) atoms. The molecular formula is C28H27FN2O4. The minimum absolute atomic E-state index is 0.0418. The predicted molar refractivity (Wildman–Crippen MR) is 131 cm³/mol. The zero-order chi connectivity index (χ0) is 25.1. The summed E-state index contributed by atoms with van der Waals surface area (Å²) in [5.74, 6) is -0.851. The zero-order valence-corrected chi connectivity index (χ0v) is 19.9. The van der Waals surface area contributed by atoms with Gasteiger partial charge in [-0.1, -0.05) is 44.2 Å². The molecule has 0 aromatic heterocycles. The number of nitrogens with zero attached hydrogens (tertiary/aromatic N) is 2. The van der Waals surface area contributed by atoms with Gasteiger partial charge in [-0.15, -0.1) is 0 Å². The van der Waals surface area contributed by atoms with Gasteiger partial charge in [-0.3, -0.25) is 14.4 Å². The number of carbonyl (C=O) groups is 3. The van der Waals surface area contributed by atoms with Crippen LogP contribution < -0.4 is 9.64 Å². The van der Waals surface area contributed by atoms with Crippen LogP contribution in [-0.2, 0) is 16.1 Å². The highest BCUT2D eigenvalue weighted by atomic mass is 19.1. The number of carbonyl (C=O) groups excluding carboxylic acids is 3. The van der Waals surface area contributed by atoms with E-state index < -0.39 is 23.7 Å². The Balaban J connectivity index is 1.67. The van der Waals surface area contributed by atoms with Crippen molar-refractivity contribution in [1.82, 2.24) is 4.90 Å². The lowest BCUT2D eigenvalue weighted by molar-refractivity contribution is -0.122. The first kappa shape index (κ1) is 24.1. The van der Waals surface area contributed by atoms with Gasteiger partial charge in [0.05, 0.1) is 19.2 Å². The fraction of sp³-hybridized carbons (Fsp3) is 0.250. The number of imide groups is 1. The summed E-state index contributed by atoms with van der Waals surface area (Å²) in [4.78, 5) is 42.6. The van der Waals surface area contributed by atoms with Crippen molar-refractivity contribution in [2.45, 2.75) is 38.8 Å². The first-order valence-electron chi connectivity index (χ1n) is 11.4. The number of benzene rings is 3. The highest BCUT2D eigenvalue weighted by Crippen LogP contribution is 2.29. The number of methoxy groups -OCH3 is 1. The van der Waals surface area contributed by atoms with E-state index in [0.717, 1.165) is 10.5 Å². The number of halogens is 1. The van der Waals surface area contributed by atoms with Crippen LogP contribution >= 0.6 is 0 Å². The number of anilines is 1. The first-order valence-corrected chi connectivity index (χ1v) is 11.4. The predicted octanol–water partition coefficient (Wildman–Crippen LogP) is 4.93. The molecule has 0 spiro atoms. The molecule has 4 rings (SSSR count). The van der Waals surface area contributed by atoms with Crippen molar-refractivity contribution in [1.29, 1.82) is 0 Å². The molecule has 0 saturated carbocycles. The Labute approximate surface area is 203 Å². The molecule has 1 saturated heterocycles. The highest BCUT2D eigenvalue weighted by Gasteiger charge is 2.44. The Bertz CT molecular complexity index is 1240. The Morgan fingerprint density at radius 3 is 2.37 bits per heavy atom. The average Bonchev–Trinajstić information content (AvgIpc) is 3.16. The van der Waals surface area contributed by atoms with Gasteiger partial charge in [0.15, 0.2) is 0 Å². The Hall–Kier alpha value is -4.00. The van der Waals surface area contributed by atoms with Crippen molar-refractivity contribution in [2.75, 3.05) is 12.0 Å². The fourth-order valence-electron chi connectivity index (χ4n) is 4.17. The second-order valence-electron chi connectivity index (χ2n) is 8.83. The molecule has 7 heteroatoms. The molecule has 180 valence electrons. The Morgan fingerprint density at radius 2 is 1.74 bits per heavy atom. The topological polar surface area (TPSA) is 66.9 Å². The maximum absolute atomic E-state index is 13.6. The van der Waals surface area contributed by atoms with Crippen LogP contribution in [0.15, 0.2) is 72.8 Å². The van der Waals surface area contributed by atoms with E-state index in [9.17, 15) is 18.8 Å². The quantitative estimate of drug-likeness (QED) is 0.456. The average molecular weight is 475 g/mol. The van der Waals surface area contributed by atoms with Crippen LogP contribution in [0.3, 0.4) is 0 Å². The summed E-state index contributed by atoms with van der Waals surface area (Å²) in [7, 11) is 1.50. The summed E-state index contributed by atoms with van der Waals surface area (Å²) < 4.78 is 18.7. The maximum atomic E-state index is 13.6. The van der Waals surface area contributed by atoms with Crippen molar-refractivity contribution in [3.05, 3.63) is 95.3 Å². The Kier molecular flexibility index (Phi) is 6.96. The van der Waals surface area contributed by atoms with E-state index in [2.05, 4.69) is 13.8 Å². The van der Waals surface area contributed by atoms with Gasteiger partial charge < -0.3 is 9.64 Å². The van der Waals surface area contributed by atoms with Crippen LogP contribution in [0, 0.1) is 5.82 Å². The molecule has 1 atom stereocenters. The van der Waals surface area contributed by atoms with E-state index in [0.29, 0.717) is 28.5 Å². The maximum Gasteiger partial charge on any atom is 0.257 e. The minimum atomic E-state index is -0.990. The second kappa shape index (κ2) is 10.1. The molecule has 3 aromatic rings. The van der Waals surface area contributed by atoms with E-state index in [4.69, 9.17) is 4.74 Å². The van der Waals surface area contributed by atoms with Crippen LogP contribution in [-0.4, -0.2) is 35.8 Å².